The summed E-state index contributed by atoms with van der Waals surface area (Å²) in [6.45, 7) is 1.84. The van der Waals surface area contributed by atoms with E-state index in [1.54, 1.807) is 11.9 Å². The lowest BCUT2D eigenvalue weighted by molar-refractivity contribution is -0.163. The van der Waals surface area contributed by atoms with Gasteiger partial charge in [-0.3, -0.25) is 14.5 Å². The van der Waals surface area contributed by atoms with Gasteiger partial charge < -0.3 is 14.8 Å². The molecule has 0 aliphatic carbocycles. The number of thioether (sulfide) groups is 2. The lowest BCUT2D eigenvalue weighted by Gasteiger charge is -2.51. The van der Waals surface area contributed by atoms with Gasteiger partial charge in [0, 0.05) is 47.4 Å². The topological polar surface area (TPSA) is 93.8 Å². The van der Waals surface area contributed by atoms with Crippen LogP contribution in [0.2, 0.25) is 0 Å². The number of rotatable bonds is 3. The van der Waals surface area contributed by atoms with E-state index in [9.17, 15) is 9.59 Å². The van der Waals surface area contributed by atoms with Crippen molar-refractivity contribution in [1.29, 1.82) is 0 Å². The molecule has 5 aliphatic rings. The van der Waals surface area contributed by atoms with Crippen LogP contribution in [0.4, 0.5) is 11.4 Å². The molecule has 0 saturated carbocycles. The molecule has 5 aliphatic heterocycles. The van der Waals surface area contributed by atoms with Crippen molar-refractivity contribution >= 4 is 84.9 Å². The summed E-state index contributed by atoms with van der Waals surface area (Å²) in [7, 11) is 1.75. The van der Waals surface area contributed by atoms with E-state index in [1.165, 1.54) is 29.1 Å². The molecule has 2 amide bonds. The molecule has 1 aromatic heterocycles. The number of piperazine rings is 1. The van der Waals surface area contributed by atoms with Gasteiger partial charge in [0.25, 0.3) is 11.8 Å². The Balaban J connectivity index is 0.000000963. The zero-order chi connectivity index (χ0) is 30.1. The van der Waals surface area contributed by atoms with Crippen molar-refractivity contribution in [1.82, 2.24) is 14.8 Å². The van der Waals surface area contributed by atoms with Gasteiger partial charge in [0.05, 0.1) is 0 Å². The number of carbonyl (C=O) groups excluding carboxylic acids is 2. The molecule has 43 heavy (non-hydrogen) atoms. The highest BCUT2D eigenvalue weighted by Gasteiger charge is 2.76. The van der Waals surface area contributed by atoms with Crippen molar-refractivity contribution in [3.63, 3.8) is 0 Å². The number of anilines is 2. The molecular weight excluding hydrogens is 621 g/mol. The summed E-state index contributed by atoms with van der Waals surface area (Å²) < 4.78 is 17.2. The van der Waals surface area contributed by atoms with Crippen LogP contribution in [0.1, 0.15) is 24.5 Å². The Hall–Kier alpha value is -3.45. The standard InChI is InChI=1S/C31H26N4O2S3.O2S/c1-29-26(36)35-25-30(16-19-17-32-23-14-8-6-12-21(19)23,18-31(35,27(37)33(29)2)40-28(38)39-29)22-13-7-9-15-24(22)34(25)20-10-4-3-5-11-20;1-3-2/h3-15,17,25,32H,16,18H2,1-2H3;/t25-,29-,30?,31?;/m1./s1. The fourth-order valence-electron chi connectivity index (χ4n) is 7.46. The summed E-state index contributed by atoms with van der Waals surface area (Å²) in [4.78, 5) is 36.3. The van der Waals surface area contributed by atoms with E-state index in [4.69, 9.17) is 20.6 Å². The van der Waals surface area contributed by atoms with Gasteiger partial charge in [0.2, 0.25) is 0 Å². The number of H-pyrrole nitrogens is 1. The SMILES string of the molecule is CN1C(=O)C23CC4(Cc5c[nH]c6ccccc56)c5ccccc5N(c5ccccc5)[C@@H]4N2C(=O)[C@@]1(C)SC(=S)S3.O=S=O. The van der Waals surface area contributed by atoms with Crippen LogP contribution in [0.3, 0.4) is 0 Å². The molecule has 4 aromatic rings. The fourth-order valence-corrected chi connectivity index (χ4v) is 11.3. The first-order chi connectivity index (χ1) is 20.7. The minimum Gasteiger partial charge on any atom is -0.361 e. The number of nitrogens with zero attached hydrogens (tertiary/aromatic N) is 3. The molecule has 0 radical (unpaired) electrons. The maximum Gasteiger partial charge on any atom is 0.335 e. The van der Waals surface area contributed by atoms with Crippen LogP contribution in [-0.4, -0.2) is 61.5 Å². The third-order valence-corrected chi connectivity index (χ3v) is 12.3. The predicted molar refractivity (Wildman–Crippen MR) is 175 cm³/mol. The normalized spacial score (nSPS) is 28.7. The number of thiocarbonyl (C=S) groups is 1. The highest BCUT2D eigenvalue weighted by atomic mass is 32.2. The number of amides is 2. The highest BCUT2D eigenvalue weighted by molar-refractivity contribution is 8.48. The second-order valence-corrected chi connectivity index (χ2v) is 15.3. The molecule has 2 unspecified atom stereocenters. The van der Waals surface area contributed by atoms with Crippen LogP contribution in [0.15, 0.2) is 85.1 Å². The molecule has 4 saturated heterocycles. The number of hydrogen-bond donors (Lipinski definition) is 1. The monoisotopic (exact) mass is 646 g/mol. The number of fused-ring (bicyclic) bond motifs is 7. The first kappa shape index (κ1) is 28.3. The largest absolute Gasteiger partial charge is 0.361 e. The molecule has 1 spiro atoms. The molecule has 9 rings (SSSR count). The first-order valence-electron chi connectivity index (χ1n) is 13.7. The van der Waals surface area contributed by atoms with Crippen molar-refractivity contribution in [2.45, 2.75) is 41.1 Å². The maximum absolute atomic E-state index is 14.7. The number of nitrogens with one attached hydrogen (secondary N) is 1. The van der Waals surface area contributed by atoms with Gasteiger partial charge in [-0.2, -0.15) is 8.42 Å². The molecule has 6 heterocycles. The zero-order valence-corrected chi connectivity index (χ0v) is 26.4. The summed E-state index contributed by atoms with van der Waals surface area (Å²) in [6.07, 6.45) is 2.83. The molecule has 218 valence electrons. The Kier molecular flexibility index (Phi) is 6.62. The average Bonchev–Trinajstić information content (AvgIpc) is 3.59. The Bertz CT molecular complexity index is 1860. The number of aromatic nitrogens is 1. The van der Waals surface area contributed by atoms with Crippen LogP contribution in [0.25, 0.3) is 10.9 Å². The Morgan fingerprint density at radius 1 is 0.953 bits per heavy atom. The minimum atomic E-state index is -1.12. The summed E-state index contributed by atoms with van der Waals surface area (Å²) in [5.41, 5.74) is 4.93. The van der Waals surface area contributed by atoms with Crippen molar-refractivity contribution in [3.8, 4) is 0 Å². The van der Waals surface area contributed by atoms with E-state index >= 15 is 0 Å². The van der Waals surface area contributed by atoms with Crippen molar-refractivity contribution < 1.29 is 18.0 Å². The number of aromatic amines is 1. The Morgan fingerprint density at radius 2 is 1.63 bits per heavy atom. The quantitative estimate of drug-likeness (QED) is 0.299. The number of carbonyl (C=O) groups is 2. The predicted octanol–water partition coefficient (Wildman–Crippen LogP) is 5.34. The second kappa shape index (κ2) is 10.0. The molecule has 1 N–H and O–H groups in total. The summed E-state index contributed by atoms with van der Waals surface area (Å²) in [5.74, 6) is -0.114. The van der Waals surface area contributed by atoms with Gasteiger partial charge in [-0.1, -0.05) is 90.3 Å². The number of para-hydroxylation sites is 3. The van der Waals surface area contributed by atoms with E-state index in [0.29, 0.717) is 16.4 Å². The molecule has 12 heteroatoms. The van der Waals surface area contributed by atoms with Crippen LogP contribution in [0.5, 0.6) is 0 Å². The highest BCUT2D eigenvalue weighted by Crippen LogP contribution is 2.67. The van der Waals surface area contributed by atoms with Gasteiger partial charge in [-0.25, -0.2) is 0 Å². The number of likely N-dealkylation sites (N-methyl/N-ethyl adjacent to an activating group) is 1. The third-order valence-electron chi connectivity index (χ3n) is 9.27. The summed E-state index contributed by atoms with van der Waals surface area (Å²) in [6, 6.07) is 27.0. The lowest BCUT2D eigenvalue weighted by atomic mass is 9.73. The van der Waals surface area contributed by atoms with Crippen LogP contribution in [-0.2, 0) is 33.0 Å². The fraction of sp³-hybridized carbons (Fsp3) is 0.258. The number of hydrogen-bond acceptors (Lipinski definition) is 8. The zero-order valence-electron chi connectivity index (χ0n) is 23.2. The van der Waals surface area contributed by atoms with Gasteiger partial charge in [0.15, 0.2) is 9.74 Å². The lowest BCUT2D eigenvalue weighted by Crippen LogP contribution is -2.72. The molecule has 8 nitrogen and oxygen atoms in total. The van der Waals surface area contributed by atoms with Gasteiger partial charge in [-0.15, -0.1) is 0 Å². The average molecular weight is 647 g/mol. The third kappa shape index (κ3) is 3.79. The van der Waals surface area contributed by atoms with Crippen molar-refractivity contribution in [3.05, 3.63) is 96.2 Å². The Morgan fingerprint density at radius 3 is 2.40 bits per heavy atom. The smallest absolute Gasteiger partial charge is 0.335 e. The minimum absolute atomic E-state index is 0.0508. The van der Waals surface area contributed by atoms with Gasteiger partial charge >= 0.3 is 11.6 Å². The van der Waals surface area contributed by atoms with Crippen molar-refractivity contribution in [2.24, 2.45) is 0 Å². The van der Waals surface area contributed by atoms with Gasteiger partial charge in [-0.05, 0) is 48.7 Å². The Labute approximate surface area is 265 Å². The van der Waals surface area contributed by atoms with Gasteiger partial charge in [0.1, 0.15) is 9.69 Å². The van der Waals surface area contributed by atoms with Crippen LogP contribution >= 0.6 is 35.7 Å². The maximum atomic E-state index is 14.7. The summed E-state index contributed by atoms with van der Waals surface area (Å²) >= 11 is 7.81. The molecule has 3 aromatic carbocycles. The van der Waals surface area contributed by atoms with E-state index in [0.717, 1.165) is 27.8 Å². The van der Waals surface area contributed by atoms with E-state index in [-0.39, 0.29) is 11.8 Å². The molecular formula is C31H26N4O4S4. The van der Waals surface area contributed by atoms with Crippen LogP contribution < -0.4 is 4.90 Å². The molecule has 4 fully saturated rings. The van der Waals surface area contributed by atoms with E-state index in [2.05, 4.69) is 70.7 Å². The number of benzene rings is 3. The molecule has 2 bridgehead atoms. The van der Waals surface area contributed by atoms with Crippen LogP contribution in [0, 0.1) is 0 Å². The van der Waals surface area contributed by atoms with Crippen molar-refractivity contribution in [2.75, 3.05) is 11.9 Å². The first-order valence-corrected chi connectivity index (χ1v) is 16.4. The summed E-state index contributed by atoms with van der Waals surface area (Å²) in [5, 5.41) is 1.16. The molecule has 4 atom stereocenters. The van der Waals surface area contributed by atoms with E-state index in [1.807, 2.05) is 36.1 Å². The van der Waals surface area contributed by atoms with E-state index < -0.39 is 32.9 Å². The second-order valence-electron chi connectivity index (χ2n) is 11.3.